The molecule has 0 radical (unpaired) electrons. The smallest absolute Gasteiger partial charge is 0.323 e. The summed E-state index contributed by atoms with van der Waals surface area (Å²) in [6.45, 7) is 3.79. The Balaban J connectivity index is 1.91. The van der Waals surface area contributed by atoms with Gasteiger partial charge in [-0.15, -0.1) is 11.3 Å². The van der Waals surface area contributed by atoms with Crippen LogP contribution in [0.15, 0.2) is 57.8 Å². The third-order valence-corrected chi connectivity index (χ3v) is 9.24. The van der Waals surface area contributed by atoms with Crippen LogP contribution in [-0.4, -0.2) is 42.6 Å². The second-order valence-corrected chi connectivity index (χ2v) is 11.7. The van der Waals surface area contributed by atoms with Gasteiger partial charge in [-0.05, 0) is 37.1 Å². The van der Waals surface area contributed by atoms with Gasteiger partial charge in [0.2, 0.25) is 10.0 Å². The molecule has 0 amide bonds. The van der Waals surface area contributed by atoms with Gasteiger partial charge in [-0.2, -0.15) is 4.31 Å². The molecule has 0 aliphatic heterocycles. The molecular formula is C23H28N2O4S3. The molecule has 0 bridgehead atoms. The van der Waals surface area contributed by atoms with Gasteiger partial charge in [0.25, 0.3) is 0 Å². The quantitative estimate of drug-likeness (QED) is 0.205. The van der Waals surface area contributed by atoms with Crippen LogP contribution in [0.3, 0.4) is 0 Å². The van der Waals surface area contributed by atoms with E-state index in [1.54, 1.807) is 36.9 Å². The number of hydrogen-bond donors (Lipinski definition) is 0. The SMILES string of the molecule is CCCCCSc1nc2ccc(S(=O)(=O)N(Cc3ccccc3)[C@H](C)C(=O)OC)cc2s1. The van der Waals surface area contributed by atoms with E-state index in [9.17, 15) is 13.2 Å². The first-order valence-corrected chi connectivity index (χ1v) is 13.8. The van der Waals surface area contributed by atoms with Crippen LogP contribution in [0.4, 0.5) is 0 Å². The van der Waals surface area contributed by atoms with Crippen molar-refractivity contribution in [2.75, 3.05) is 12.9 Å². The van der Waals surface area contributed by atoms with Gasteiger partial charge in [0.1, 0.15) is 6.04 Å². The Bertz CT molecular complexity index is 1150. The van der Waals surface area contributed by atoms with Crippen molar-refractivity contribution in [1.82, 2.24) is 9.29 Å². The maximum atomic E-state index is 13.6. The second-order valence-electron chi connectivity index (χ2n) is 7.40. The number of rotatable bonds is 11. The molecule has 6 nitrogen and oxygen atoms in total. The Labute approximate surface area is 198 Å². The van der Waals surface area contributed by atoms with Crippen LogP contribution in [-0.2, 0) is 26.1 Å². The molecule has 32 heavy (non-hydrogen) atoms. The largest absolute Gasteiger partial charge is 0.468 e. The summed E-state index contributed by atoms with van der Waals surface area (Å²) in [7, 11) is -2.70. The standard InChI is InChI=1S/C23H28N2O4S3/c1-4-5-9-14-30-23-24-20-13-12-19(15-21(20)31-23)32(27,28)25(17(2)22(26)29-3)16-18-10-7-6-8-11-18/h6-8,10-13,15,17H,4-5,9,14,16H2,1-3H3/t17-/m1/s1. The normalized spacial score (nSPS) is 12.9. The average Bonchev–Trinajstić information content (AvgIpc) is 3.22. The Morgan fingerprint density at radius 3 is 2.62 bits per heavy atom. The third-order valence-electron chi connectivity index (χ3n) is 5.08. The van der Waals surface area contributed by atoms with E-state index in [4.69, 9.17) is 4.74 Å². The Hall–Kier alpha value is -1.94. The highest BCUT2D eigenvalue weighted by atomic mass is 32.2. The van der Waals surface area contributed by atoms with Crippen LogP contribution in [0.2, 0.25) is 0 Å². The molecule has 0 saturated carbocycles. The topological polar surface area (TPSA) is 76.6 Å². The van der Waals surface area contributed by atoms with Crippen molar-refractivity contribution in [3.05, 3.63) is 54.1 Å². The van der Waals surface area contributed by atoms with E-state index in [1.165, 1.54) is 35.6 Å². The summed E-state index contributed by atoms with van der Waals surface area (Å²) in [5.41, 5.74) is 1.57. The first-order chi connectivity index (χ1) is 15.4. The van der Waals surface area contributed by atoms with Crippen LogP contribution in [0.1, 0.15) is 38.7 Å². The van der Waals surface area contributed by atoms with Crippen molar-refractivity contribution < 1.29 is 17.9 Å². The molecule has 3 aromatic rings. The van der Waals surface area contributed by atoms with E-state index in [2.05, 4.69) is 11.9 Å². The number of carbonyl (C=O) groups is 1. The minimum absolute atomic E-state index is 0.0682. The minimum Gasteiger partial charge on any atom is -0.468 e. The molecule has 172 valence electrons. The maximum absolute atomic E-state index is 13.6. The number of benzene rings is 2. The second kappa shape index (κ2) is 11.3. The van der Waals surface area contributed by atoms with E-state index < -0.39 is 22.0 Å². The summed E-state index contributed by atoms with van der Waals surface area (Å²) < 4.78 is 35.0. The van der Waals surface area contributed by atoms with Crippen LogP contribution >= 0.6 is 23.1 Å². The molecule has 0 aliphatic carbocycles. The Kier molecular flexibility index (Phi) is 8.70. The molecule has 0 aliphatic rings. The molecule has 3 rings (SSSR count). The molecule has 1 aromatic heterocycles. The molecule has 9 heteroatoms. The zero-order valence-corrected chi connectivity index (χ0v) is 20.9. The monoisotopic (exact) mass is 492 g/mol. The summed E-state index contributed by atoms with van der Waals surface area (Å²) in [6.07, 6.45) is 3.50. The third kappa shape index (κ3) is 5.89. The highest BCUT2D eigenvalue weighted by molar-refractivity contribution is 8.01. The summed E-state index contributed by atoms with van der Waals surface area (Å²) >= 11 is 3.20. The first-order valence-electron chi connectivity index (χ1n) is 10.5. The van der Waals surface area contributed by atoms with E-state index in [1.807, 2.05) is 30.3 Å². The maximum Gasteiger partial charge on any atom is 0.323 e. The van der Waals surface area contributed by atoms with Crippen LogP contribution < -0.4 is 0 Å². The summed E-state index contributed by atoms with van der Waals surface area (Å²) in [4.78, 5) is 17.0. The minimum atomic E-state index is -3.96. The number of carbonyl (C=O) groups excluding carboxylic acids is 1. The Morgan fingerprint density at radius 2 is 1.94 bits per heavy atom. The lowest BCUT2D eigenvalue weighted by molar-refractivity contribution is -0.144. The average molecular weight is 493 g/mol. The van der Waals surface area contributed by atoms with E-state index in [0.29, 0.717) is 0 Å². The molecule has 2 aromatic carbocycles. The molecule has 0 N–H and O–H groups in total. The van der Waals surface area contributed by atoms with Crippen molar-refractivity contribution in [3.63, 3.8) is 0 Å². The van der Waals surface area contributed by atoms with Crippen molar-refractivity contribution in [2.45, 2.75) is 54.9 Å². The van der Waals surface area contributed by atoms with Crippen molar-refractivity contribution >= 4 is 49.3 Å². The van der Waals surface area contributed by atoms with Gasteiger partial charge >= 0.3 is 5.97 Å². The molecule has 1 heterocycles. The van der Waals surface area contributed by atoms with Crippen LogP contribution in [0.25, 0.3) is 10.2 Å². The number of hydrogen-bond acceptors (Lipinski definition) is 7. The predicted molar refractivity (Wildman–Crippen MR) is 131 cm³/mol. The number of sulfonamides is 1. The highest BCUT2D eigenvalue weighted by Crippen LogP contribution is 2.33. The van der Waals surface area contributed by atoms with Gasteiger partial charge in [0.05, 0.1) is 22.2 Å². The molecule has 0 unspecified atom stereocenters. The van der Waals surface area contributed by atoms with Gasteiger partial charge in [-0.1, -0.05) is 61.9 Å². The summed E-state index contributed by atoms with van der Waals surface area (Å²) in [6, 6.07) is 13.2. The lowest BCUT2D eigenvalue weighted by atomic mass is 10.2. The van der Waals surface area contributed by atoms with Gasteiger partial charge in [-0.25, -0.2) is 13.4 Å². The number of unbranched alkanes of at least 4 members (excludes halogenated alkanes) is 2. The fourth-order valence-electron chi connectivity index (χ4n) is 3.23. The number of esters is 1. The zero-order valence-electron chi connectivity index (χ0n) is 18.5. The molecule has 0 spiro atoms. The molecule has 0 saturated heterocycles. The number of thiazole rings is 1. The number of nitrogens with zero attached hydrogens (tertiary/aromatic N) is 2. The molecular weight excluding hydrogens is 464 g/mol. The van der Waals surface area contributed by atoms with Crippen molar-refractivity contribution in [3.8, 4) is 0 Å². The summed E-state index contributed by atoms with van der Waals surface area (Å²) in [5.74, 6) is 0.398. The highest BCUT2D eigenvalue weighted by Gasteiger charge is 2.34. The van der Waals surface area contributed by atoms with Crippen LogP contribution in [0.5, 0.6) is 0 Å². The van der Waals surface area contributed by atoms with E-state index >= 15 is 0 Å². The number of fused-ring (bicyclic) bond motifs is 1. The Morgan fingerprint density at radius 1 is 1.19 bits per heavy atom. The fourth-order valence-corrected chi connectivity index (χ4v) is 7.09. The van der Waals surface area contributed by atoms with Gasteiger partial charge in [-0.3, -0.25) is 4.79 Å². The van der Waals surface area contributed by atoms with E-state index in [-0.39, 0.29) is 11.4 Å². The van der Waals surface area contributed by atoms with E-state index in [0.717, 1.165) is 32.3 Å². The fraction of sp³-hybridized carbons (Fsp3) is 0.391. The molecule has 1 atom stereocenters. The summed E-state index contributed by atoms with van der Waals surface area (Å²) in [5, 5.41) is 0. The molecule has 0 fully saturated rings. The van der Waals surface area contributed by atoms with Crippen LogP contribution in [0, 0.1) is 0 Å². The number of methoxy groups -OCH3 is 1. The lowest BCUT2D eigenvalue weighted by Crippen LogP contribution is -2.43. The van der Waals surface area contributed by atoms with Gasteiger partial charge in [0.15, 0.2) is 4.34 Å². The number of ether oxygens (including phenoxy) is 1. The lowest BCUT2D eigenvalue weighted by Gasteiger charge is -2.26. The van der Waals surface area contributed by atoms with Crippen molar-refractivity contribution in [2.24, 2.45) is 0 Å². The zero-order chi connectivity index (χ0) is 23.1. The predicted octanol–water partition coefficient (Wildman–Crippen LogP) is 5.33. The first kappa shape index (κ1) is 24.7. The number of thioether (sulfide) groups is 1. The van der Waals surface area contributed by atoms with Crippen molar-refractivity contribution in [1.29, 1.82) is 0 Å². The number of aromatic nitrogens is 1. The van der Waals surface area contributed by atoms with Gasteiger partial charge < -0.3 is 4.74 Å². The van der Waals surface area contributed by atoms with Gasteiger partial charge in [0, 0.05) is 12.3 Å².